The minimum atomic E-state index is 0.134. The molecular formula is C21H28O3. The topological polar surface area (TPSA) is 43.4 Å². The number of hydrogen-bond acceptors (Lipinski definition) is 3. The van der Waals surface area contributed by atoms with Crippen molar-refractivity contribution in [2.45, 2.75) is 64.9 Å². The Bertz CT molecular complexity index is 649. The van der Waals surface area contributed by atoms with Crippen molar-refractivity contribution >= 4 is 11.6 Å². The fourth-order valence-electron chi connectivity index (χ4n) is 7.78. The standard InChI is InChI=1S/C21H28O3/c1-12(22)16-5-6-17-15-4-3-13-9-14(23)7-8-21(13)11-24-18(19(15)21)10-20(16,17)2/h9,15-19H,3-8,10-11H2,1-2H3/t15-,16+,17-,18+,19?,20+,21+/m0/s1. The van der Waals surface area contributed by atoms with Crippen LogP contribution in [0.3, 0.4) is 0 Å². The molecule has 0 aromatic rings. The van der Waals surface area contributed by atoms with Gasteiger partial charge in [0.05, 0.1) is 12.7 Å². The van der Waals surface area contributed by atoms with Crippen molar-refractivity contribution in [1.82, 2.24) is 0 Å². The number of fused-ring (bicyclic) bond motifs is 2. The first-order valence-electron chi connectivity index (χ1n) is 9.82. The number of ketones is 2. The molecule has 130 valence electrons. The lowest BCUT2D eigenvalue weighted by Crippen LogP contribution is -2.54. The van der Waals surface area contributed by atoms with Crippen molar-refractivity contribution in [3.8, 4) is 0 Å². The third-order valence-electron chi connectivity index (χ3n) is 8.65. The lowest BCUT2D eigenvalue weighted by atomic mass is 9.46. The van der Waals surface area contributed by atoms with Crippen LogP contribution in [0.1, 0.15) is 58.8 Å². The molecule has 1 heterocycles. The Labute approximate surface area is 144 Å². The minimum Gasteiger partial charge on any atom is -0.377 e. The Morgan fingerprint density at radius 1 is 1.25 bits per heavy atom. The Balaban J connectivity index is 1.56. The summed E-state index contributed by atoms with van der Waals surface area (Å²) in [6.07, 6.45) is 9.54. The molecule has 0 radical (unpaired) electrons. The van der Waals surface area contributed by atoms with Gasteiger partial charge in [-0.15, -0.1) is 0 Å². The molecule has 5 aliphatic rings. The van der Waals surface area contributed by atoms with Crippen LogP contribution in [0.4, 0.5) is 0 Å². The van der Waals surface area contributed by atoms with E-state index in [0.717, 1.165) is 32.3 Å². The summed E-state index contributed by atoms with van der Waals surface area (Å²) in [5.74, 6) is 2.88. The van der Waals surface area contributed by atoms with Crippen molar-refractivity contribution < 1.29 is 14.3 Å². The van der Waals surface area contributed by atoms with E-state index < -0.39 is 0 Å². The second kappa shape index (κ2) is 4.81. The normalized spacial score (nSPS) is 52.3. The Hall–Kier alpha value is -0.960. The van der Waals surface area contributed by atoms with Crippen molar-refractivity contribution in [2.24, 2.45) is 34.5 Å². The molecule has 0 N–H and O–H groups in total. The molecule has 0 aromatic heterocycles. The van der Waals surface area contributed by atoms with Crippen LogP contribution in [0.25, 0.3) is 0 Å². The lowest BCUT2D eigenvalue weighted by molar-refractivity contribution is -0.131. The van der Waals surface area contributed by atoms with Gasteiger partial charge in [-0.1, -0.05) is 12.5 Å². The zero-order valence-corrected chi connectivity index (χ0v) is 14.8. The highest BCUT2D eigenvalue weighted by atomic mass is 16.5. The highest BCUT2D eigenvalue weighted by molar-refractivity contribution is 5.91. The second-order valence-corrected chi connectivity index (χ2v) is 9.43. The number of hydrogen-bond donors (Lipinski definition) is 0. The summed E-state index contributed by atoms with van der Waals surface area (Å²) < 4.78 is 6.40. The van der Waals surface area contributed by atoms with Gasteiger partial charge in [0.1, 0.15) is 5.78 Å². The number of ether oxygens (including phenoxy) is 1. The predicted octanol–water partition coefficient (Wildman–Crippen LogP) is 3.71. The molecule has 3 heteroatoms. The molecule has 3 nitrogen and oxygen atoms in total. The van der Waals surface area contributed by atoms with Crippen molar-refractivity contribution in [3.63, 3.8) is 0 Å². The molecule has 4 aliphatic carbocycles. The van der Waals surface area contributed by atoms with Crippen molar-refractivity contribution in [2.75, 3.05) is 6.61 Å². The quantitative estimate of drug-likeness (QED) is 0.737. The molecule has 1 spiro atoms. The van der Waals surface area contributed by atoms with E-state index in [9.17, 15) is 9.59 Å². The Morgan fingerprint density at radius 2 is 2.08 bits per heavy atom. The molecule has 1 saturated heterocycles. The van der Waals surface area contributed by atoms with Gasteiger partial charge < -0.3 is 4.74 Å². The molecule has 3 saturated carbocycles. The van der Waals surface area contributed by atoms with Gasteiger partial charge in [0.15, 0.2) is 5.78 Å². The first kappa shape index (κ1) is 15.3. The SMILES string of the molecule is CC(=O)[C@H]1CC[C@H]2[C@@H]3CCC4=CC(=O)CC[C@@]45CO[C@H](C[C@]12C)C35. The summed E-state index contributed by atoms with van der Waals surface area (Å²) in [5.41, 5.74) is 1.68. The third kappa shape index (κ3) is 1.72. The molecule has 4 fully saturated rings. The van der Waals surface area contributed by atoms with E-state index in [1.54, 1.807) is 6.92 Å². The minimum absolute atomic E-state index is 0.134. The van der Waals surface area contributed by atoms with Crippen molar-refractivity contribution in [3.05, 3.63) is 11.6 Å². The number of Topliss-reactive ketones (excluding diaryl/α,β-unsaturated/α-hetero) is 1. The van der Waals surface area contributed by atoms with Crippen LogP contribution >= 0.6 is 0 Å². The monoisotopic (exact) mass is 328 g/mol. The average molecular weight is 328 g/mol. The molecule has 0 bridgehead atoms. The third-order valence-corrected chi connectivity index (χ3v) is 8.65. The first-order chi connectivity index (χ1) is 11.5. The van der Waals surface area contributed by atoms with Gasteiger partial charge >= 0.3 is 0 Å². The summed E-state index contributed by atoms with van der Waals surface area (Å²) in [4.78, 5) is 24.2. The molecular weight excluding hydrogens is 300 g/mol. The molecule has 1 aliphatic heterocycles. The lowest BCUT2D eigenvalue weighted by Gasteiger charge is -2.56. The summed E-state index contributed by atoms with van der Waals surface area (Å²) in [6, 6.07) is 0. The maximum Gasteiger partial charge on any atom is 0.155 e. The Kier molecular flexibility index (Phi) is 3.07. The molecule has 7 atom stereocenters. The first-order valence-corrected chi connectivity index (χ1v) is 9.82. The molecule has 0 amide bonds. The summed E-state index contributed by atoms with van der Waals surface area (Å²) in [5, 5.41) is 0. The number of carbonyl (C=O) groups excluding carboxylic acids is 2. The van der Waals surface area contributed by atoms with E-state index in [-0.39, 0.29) is 16.7 Å². The largest absolute Gasteiger partial charge is 0.377 e. The molecule has 0 aromatic carbocycles. The molecule has 5 rings (SSSR count). The fraction of sp³-hybridized carbons (Fsp3) is 0.810. The van der Waals surface area contributed by atoms with Crippen LogP contribution in [0.5, 0.6) is 0 Å². The van der Waals surface area contributed by atoms with Gasteiger partial charge in [0.25, 0.3) is 0 Å². The smallest absolute Gasteiger partial charge is 0.155 e. The van der Waals surface area contributed by atoms with E-state index in [1.165, 1.54) is 18.4 Å². The van der Waals surface area contributed by atoms with Crippen LogP contribution in [0.2, 0.25) is 0 Å². The number of rotatable bonds is 1. The summed E-state index contributed by atoms with van der Waals surface area (Å²) in [6.45, 7) is 4.97. The van der Waals surface area contributed by atoms with Gasteiger partial charge in [0.2, 0.25) is 0 Å². The van der Waals surface area contributed by atoms with Crippen LogP contribution < -0.4 is 0 Å². The van der Waals surface area contributed by atoms with Crippen LogP contribution in [-0.2, 0) is 14.3 Å². The van der Waals surface area contributed by atoms with Gasteiger partial charge in [-0.3, -0.25) is 9.59 Å². The second-order valence-electron chi connectivity index (χ2n) is 9.43. The molecule has 24 heavy (non-hydrogen) atoms. The average Bonchev–Trinajstić information content (AvgIpc) is 3.07. The van der Waals surface area contributed by atoms with Gasteiger partial charge in [-0.05, 0) is 74.7 Å². The maximum absolute atomic E-state index is 12.2. The fourth-order valence-corrected chi connectivity index (χ4v) is 7.78. The molecule has 1 unspecified atom stereocenters. The van der Waals surface area contributed by atoms with Crippen LogP contribution in [0, 0.1) is 34.5 Å². The zero-order chi connectivity index (χ0) is 16.7. The van der Waals surface area contributed by atoms with E-state index in [1.807, 2.05) is 6.08 Å². The Morgan fingerprint density at radius 3 is 2.88 bits per heavy atom. The van der Waals surface area contributed by atoms with Gasteiger partial charge in [0, 0.05) is 17.8 Å². The van der Waals surface area contributed by atoms with Crippen molar-refractivity contribution in [1.29, 1.82) is 0 Å². The van der Waals surface area contributed by atoms with Crippen LogP contribution in [-0.4, -0.2) is 24.3 Å². The zero-order valence-electron chi connectivity index (χ0n) is 14.8. The van der Waals surface area contributed by atoms with E-state index >= 15 is 0 Å². The highest BCUT2D eigenvalue weighted by Crippen LogP contribution is 2.69. The summed E-state index contributed by atoms with van der Waals surface area (Å²) in [7, 11) is 0. The summed E-state index contributed by atoms with van der Waals surface area (Å²) >= 11 is 0. The van der Waals surface area contributed by atoms with E-state index in [0.29, 0.717) is 41.8 Å². The van der Waals surface area contributed by atoms with Gasteiger partial charge in [-0.2, -0.15) is 0 Å². The predicted molar refractivity (Wildman–Crippen MR) is 90.3 cm³/mol. The van der Waals surface area contributed by atoms with E-state index in [2.05, 4.69) is 6.92 Å². The van der Waals surface area contributed by atoms with Crippen LogP contribution in [0.15, 0.2) is 11.6 Å². The van der Waals surface area contributed by atoms with E-state index in [4.69, 9.17) is 4.74 Å². The maximum atomic E-state index is 12.2. The van der Waals surface area contributed by atoms with Gasteiger partial charge in [-0.25, -0.2) is 0 Å². The number of carbonyl (C=O) groups is 2. The highest BCUT2D eigenvalue weighted by Gasteiger charge is 2.66.